The summed E-state index contributed by atoms with van der Waals surface area (Å²) in [5, 5.41) is 2.82. The fraction of sp³-hybridized carbons (Fsp3) is 0.400. The van der Waals surface area contributed by atoms with E-state index in [9.17, 15) is 4.21 Å². The van der Waals surface area contributed by atoms with Gasteiger partial charge in [0.05, 0.1) is 6.61 Å². The molecule has 1 saturated heterocycles. The monoisotopic (exact) mass is 243 g/mol. The molecule has 0 spiro atoms. The second kappa shape index (κ2) is 5.29. The van der Waals surface area contributed by atoms with Gasteiger partial charge in [0.2, 0.25) is 0 Å². The van der Waals surface area contributed by atoms with Gasteiger partial charge in [-0.3, -0.25) is 0 Å². The number of ether oxygens (including phenoxy) is 2. The predicted octanol–water partition coefficient (Wildman–Crippen LogP) is 1.06. The predicted molar refractivity (Wildman–Crippen MR) is 60.9 cm³/mol. The van der Waals surface area contributed by atoms with E-state index in [1.807, 2.05) is 12.1 Å². The van der Waals surface area contributed by atoms with Gasteiger partial charge < -0.3 is 19.3 Å². The number of nitrogens with one attached hydrogen (secondary N) is 1. The fourth-order valence-electron chi connectivity index (χ4n) is 1.17. The summed E-state index contributed by atoms with van der Waals surface area (Å²) >= 11 is -1.83. The summed E-state index contributed by atoms with van der Waals surface area (Å²) in [5.41, 5.74) is 0.789. The van der Waals surface area contributed by atoms with Crippen LogP contribution in [-0.4, -0.2) is 34.0 Å². The lowest BCUT2D eigenvalue weighted by molar-refractivity contribution is 0.263. The highest BCUT2D eigenvalue weighted by Gasteiger charge is 2.22. The van der Waals surface area contributed by atoms with Gasteiger partial charge in [0.25, 0.3) is 0 Å². The SMILES string of the molecule is O=S(O)CNc1ccc(OCC2CO2)cc1. The number of hydrogen-bond donors (Lipinski definition) is 2. The van der Waals surface area contributed by atoms with Crippen LogP contribution in [0.15, 0.2) is 24.3 Å². The Morgan fingerprint density at radius 3 is 2.75 bits per heavy atom. The van der Waals surface area contributed by atoms with Crippen molar-refractivity contribution < 1.29 is 18.2 Å². The van der Waals surface area contributed by atoms with E-state index in [0.29, 0.717) is 6.61 Å². The second-order valence-electron chi connectivity index (χ2n) is 3.43. The van der Waals surface area contributed by atoms with Gasteiger partial charge in [0, 0.05) is 5.69 Å². The van der Waals surface area contributed by atoms with E-state index in [-0.39, 0.29) is 12.0 Å². The van der Waals surface area contributed by atoms with Crippen molar-refractivity contribution in [2.75, 3.05) is 24.4 Å². The van der Waals surface area contributed by atoms with Gasteiger partial charge in [-0.25, -0.2) is 4.21 Å². The maximum absolute atomic E-state index is 10.4. The molecule has 6 heteroatoms. The summed E-state index contributed by atoms with van der Waals surface area (Å²) in [7, 11) is 0. The molecule has 2 rings (SSSR count). The molecule has 1 fully saturated rings. The lowest BCUT2D eigenvalue weighted by Crippen LogP contribution is -2.07. The Bertz CT molecular complexity index is 364. The van der Waals surface area contributed by atoms with Crippen molar-refractivity contribution in [3.63, 3.8) is 0 Å². The molecule has 0 bridgehead atoms. The van der Waals surface area contributed by atoms with E-state index in [2.05, 4.69) is 5.32 Å². The van der Waals surface area contributed by atoms with Gasteiger partial charge in [0.15, 0.2) is 11.1 Å². The van der Waals surface area contributed by atoms with E-state index >= 15 is 0 Å². The van der Waals surface area contributed by atoms with Crippen LogP contribution in [0.3, 0.4) is 0 Å². The molecule has 1 aliphatic heterocycles. The van der Waals surface area contributed by atoms with E-state index in [1.54, 1.807) is 12.1 Å². The standard InChI is InChI=1S/C10H13NO4S/c12-16(13)7-11-8-1-3-9(4-2-8)14-5-10-6-15-10/h1-4,10-11H,5-7H2,(H,12,13). The van der Waals surface area contributed by atoms with Crippen LogP contribution in [0.25, 0.3) is 0 Å². The summed E-state index contributed by atoms with van der Waals surface area (Å²) in [4.78, 5) is 0. The van der Waals surface area contributed by atoms with Crippen molar-refractivity contribution in [1.82, 2.24) is 0 Å². The maximum Gasteiger partial charge on any atom is 0.172 e. The zero-order valence-corrected chi connectivity index (χ0v) is 9.40. The van der Waals surface area contributed by atoms with Crippen LogP contribution in [0.1, 0.15) is 0 Å². The topological polar surface area (TPSA) is 71.1 Å². The summed E-state index contributed by atoms with van der Waals surface area (Å²) in [6.45, 7) is 1.36. The first-order chi connectivity index (χ1) is 7.74. The third-order valence-electron chi connectivity index (χ3n) is 2.09. The Hall–Kier alpha value is -1.11. The molecular formula is C10H13NO4S. The second-order valence-corrected chi connectivity index (χ2v) is 4.36. The number of anilines is 1. The van der Waals surface area contributed by atoms with Crippen LogP contribution in [0.4, 0.5) is 5.69 Å². The summed E-state index contributed by atoms with van der Waals surface area (Å²) < 4.78 is 29.5. The minimum Gasteiger partial charge on any atom is -0.491 e. The minimum absolute atomic E-state index is 0.0239. The Kier molecular flexibility index (Phi) is 3.76. The molecule has 88 valence electrons. The molecule has 0 aromatic heterocycles. The zero-order valence-electron chi connectivity index (χ0n) is 8.59. The van der Waals surface area contributed by atoms with Crippen molar-refractivity contribution in [2.45, 2.75) is 6.10 Å². The van der Waals surface area contributed by atoms with E-state index in [0.717, 1.165) is 18.0 Å². The summed E-state index contributed by atoms with van der Waals surface area (Å²) in [6.07, 6.45) is 0.245. The van der Waals surface area contributed by atoms with E-state index in [1.165, 1.54) is 0 Å². The van der Waals surface area contributed by atoms with E-state index < -0.39 is 11.1 Å². The molecule has 2 atom stereocenters. The molecule has 0 radical (unpaired) electrons. The number of hydrogen-bond acceptors (Lipinski definition) is 4. The van der Waals surface area contributed by atoms with Gasteiger partial charge in [-0.2, -0.15) is 0 Å². The molecule has 1 heterocycles. The Labute approximate surface area is 96.0 Å². The largest absolute Gasteiger partial charge is 0.491 e. The lowest BCUT2D eigenvalue weighted by Gasteiger charge is -2.06. The van der Waals surface area contributed by atoms with Crippen molar-refractivity contribution in [2.24, 2.45) is 0 Å². The molecule has 2 N–H and O–H groups in total. The molecule has 1 aliphatic rings. The van der Waals surface area contributed by atoms with Crippen LogP contribution >= 0.6 is 0 Å². The molecule has 2 unspecified atom stereocenters. The number of benzene rings is 1. The van der Waals surface area contributed by atoms with Gasteiger partial charge in [-0.05, 0) is 24.3 Å². The molecule has 16 heavy (non-hydrogen) atoms. The first-order valence-corrected chi connectivity index (χ1v) is 6.17. The van der Waals surface area contributed by atoms with Crippen LogP contribution in [0.2, 0.25) is 0 Å². The molecule has 1 aromatic carbocycles. The average Bonchev–Trinajstić information content (AvgIpc) is 3.09. The van der Waals surface area contributed by atoms with Crippen molar-refractivity contribution in [3.05, 3.63) is 24.3 Å². The van der Waals surface area contributed by atoms with Crippen molar-refractivity contribution in [1.29, 1.82) is 0 Å². The minimum atomic E-state index is -1.83. The quantitative estimate of drug-likeness (QED) is 0.577. The zero-order chi connectivity index (χ0) is 11.4. The van der Waals surface area contributed by atoms with Crippen molar-refractivity contribution in [3.8, 4) is 5.75 Å². The van der Waals surface area contributed by atoms with Crippen LogP contribution in [0, 0.1) is 0 Å². The summed E-state index contributed by atoms with van der Waals surface area (Å²) in [5.74, 6) is 0.794. The highest BCUT2D eigenvalue weighted by Crippen LogP contribution is 2.17. The van der Waals surface area contributed by atoms with Gasteiger partial charge in [0.1, 0.15) is 24.3 Å². The van der Waals surface area contributed by atoms with Gasteiger partial charge >= 0.3 is 0 Å². The first kappa shape index (κ1) is 11.4. The lowest BCUT2D eigenvalue weighted by atomic mass is 10.3. The molecular weight excluding hydrogens is 230 g/mol. The molecule has 1 aromatic rings. The molecule has 0 saturated carbocycles. The van der Waals surface area contributed by atoms with Crippen LogP contribution in [0.5, 0.6) is 5.75 Å². The number of rotatable bonds is 6. The first-order valence-electron chi connectivity index (χ1n) is 4.90. The normalized spacial score (nSPS) is 20.2. The van der Waals surface area contributed by atoms with Crippen molar-refractivity contribution >= 4 is 16.8 Å². The van der Waals surface area contributed by atoms with E-state index in [4.69, 9.17) is 14.0 Å². The Balaban J connectivity index is 1.80. The molecule has 5 nitrogen and oxygen atoms in total. The van der Waals surface area contributed by atoms with Gasteiger partial charge in [-0.1, -0.05) is 0 Å². The molecule has 0 amide bonds. The summed E-state index contributed by atoms with van der Waals surface area (Å²) in [6, 6.07) is 7.22. The van der Waals surface area contributed by atoms with Crippen LogP contribution < -0.4 is 10.1 Å². The third kappa shape index (κ3) is 3.80. The Morgan fingerprint density at radius 1 is 1.50 bits per heavy atom. The third-order valence-corrected chi connectivity index (χ3v) is 2.48. The number of epoxide rings is 1. The highest BCUT2D eigenvalue weighted by molar-refractivity contribution is 7.79. The fourth-order valence-corrected chi connectivity index (χ4v) is 1.46. The van der Waals surface area contributed by atoms with Gasteiger partial charge in [-0.15, -0.1) is 0 Å². The maximum atomic E-state index is 10.4. The molecule has 0 aliphatic carbocycles. The smallest absolute Gasteiger partial charge is 0.172 e. The average molecular weight is 243 g/mol. The Morgan fingerprint density at radius 2 is 2.19 bits per heavy atom. The van der Waals surface area contributed by atoms with Crippen LogP contribution in [-0.2, 0) is 15.8 Å². The highest BCUT2D eigenvalue weighted by atomic mass is 32.2.